The Bertz CT molecular complexity index is 950. The molecule has 0 aliphatic carbocycles. The van der Waals surface area contributed by atoms with Gasteiger partial charge in [0.1, 0.15) is 5.82 Å². The molecule has 0 saturated heterocycles. The average Bonchev–Trinajstić information content (AvgIpc) is 2.96. The Labute approximate surface area is 169 Å². The Morgan fingerprint density at radius 2 is 1.79 bits per heavy atom. The summed E-state index contributed by atoms with van der Waals surface area (Å²) in [6.07, 6.45) is 2.98. The highest BCUT2D eigenvalue weighted by atomic mass is 19.1. The van der Waals surface area contributed by atoms with Crippen molar-refractivity contribution >= 4 is 17.8 Å². The van der Waals surface area contributed by atoms with E-state index < -0.39 is 29.3 Å². The number of hydrogen-bond acceptors (Lipinski definition) is 4. The van der Waals surface area contributed by atoms with E-state index in [4.69, 9.17) is 0 Å². The number of aliphatic hydroxyl groups is 1. The minimum Gasteiger partial charge on any atom is -0.503 e. The van der Waals surface area contributed by atoms with Crippen molar-refractivity contribution in [2.45, 2.75) is 6.04 Å². The van der Waals surface area contributed by atoms with Crippen LogP contribution in [0.15, 0.2) is 72.0 Å². The van der Waals surface area contributed by atoms with Gasteiger partial charge in [0.2, 0.25) is 0 Å². The van der Waals surface area contributed by atoms with E-state index in [2.05, 4.69) is 0 Å². The van der Waals surface area contributed by atoms with Crippen molar-refractivity contribution in [3.8, 4) is 0 Å². The third-order valence-electron chi connectivity index (χ3n) is 4.77. The van der Waals surface area contributed by atoms with Crippen LogP contribution in [0.4, 0.5) is 4.39 Å². The van der Waals surface area contributed by atoms with Gasteiger partial charge in [-0.15, -0.1) is 0 Å². The van der Waals surface area contributed by atoms with Gasteiger partial charge in [-0.1, -0.05) is 48.5 Å². The fraction of sp³-hybridized carbons (Fsp3) is 0.217. The van der Waals surface area contributed by atoms with Crippen molar-refractivity contribution in [3.05, 3.63) is 88.9 Å². The molecule has 2 aromatic carbocycles. The second-order valence-electron chi connectivity index (χ2n) is 7.13. The molecule has 0 saturated carbocycles. The summed E-state index contributed by atoms with van der Waals surface area (Å²) in [5.41, 5.74) is 1.40. The van der Waals surface area contributed by atoms with Gasteiger partial charge in [0, 0.05) is 13.1 Å². The van der Waals surface area contributed by atoms with Crippen molar-refractivity contribution in [2.75, 3.05) is 27.2 Å². The van der Waals surface area contributed by atoms with Gasteiger partial charge in [-0.3, -0.25) is 9.59 Å². The van der Waals surface area contributed by atoms with Crippen LogP contribution in [0.2, 0.25) is 0 Å². The highest BCUT2D eigenvalue weighted by molar-refractivity contribution is 6.14. The molecule has 29 heavy (non-hydrogen) atoms. The summed E-state index contributed by atoms with van der Waals surface area (Å²) in [5.74, 6) is -2.03. The molecule has 0 aromatic heterocycles. The molecule has 1 N–H and O–H groups in total. The van der Waals surface area contributed by atoms with Crippen LogP contribution in [0, 0.1) is 5.82 Å². The Morgan fingerprint density at radius 1 is 1.14 bits per heavy atom. The summed E-state index contributed by atoms with van der Waals surface area (Å²) in [6, 6.07) is 14.1. The summed E-state index contributed by atoms with van der Waals surface area (Å²) < 4.78 is 13.4. The first-order chi connectivity index (χ1) is 13.9. The van der Waals surface area contributed by atoms with Gasteiger partial charge >= 0.3 is 0 Å². The minimum absolute atomic E-state index is 0.00699. The van der Waals surface area contributed by atoms with Gasteiger partial charge in [0.25, 0.3) is 5.91 Å². The van der Waals surface area contributed by atoms with Gasteiger partial charge in [-0.2, -0.15) is 0 Å². The van der Waals surface area contributed by atoms with Crippen LogP contribution in [-0.2, 0) is 9.59 Å². The molecule has 1 aliphatic heterocycles. The smallest absolute Gasteiger partial charge is 0.290 e. The van der Waals surface area contributed by atoms with Crippen molar-refractivity contribution in [1.29, 1.82) is 0 Å². The molecule has 5 nitrogen and oxygen atoms in total. The van der Waals surface area contributed by atoms with Gasteiger partial charge in [0.05, 0.1) is 11.6 Å². The first kappa shape index (κ1) is 20.5. The van der Waals surface area contributed by atoms with Gasteiger partial charge in [-0.25, -0.2) is 4.39 Å². The van der Waals surface area contributed by atoms with E-state index in [1.165, 1.54) is 35.2 Å². The highest BCUT2D eigenvalue weighted by Gasteiger charge is 2.42. The molecule has 0 spiro atoms. The van der Waals surface area contributed by atoms with Crippen LogP contribution in [0.3, 0.4) is 0 Å². The molecule has 1 aliphatic rings. The molecule has 1 amide bonds. The van der Waals surface area contributed by atoms with E-state index in [0.717, 1.165) is 5.56 Å². The second-order valence-corrected chi connectivity index (χ2v) is 7.13. The average molecular weight is 394 g/mol. The van der Waals surface area contributed by atoms with E-state index >= 15 is 0 Å². The van der Waals surface area contributed by atoms with Gasteiger partial charge in [-0.05, 0) is 43.4 Å². The number of carbonyl (C=O) groups excluding carboxylic acids is 2. The molecular formula is C23H23FN2O3. The summed E-state index contributed by atoms with van der Waals surface area (Å²) in [6.45, 7) is 0.870. The number of halogens is 1. The molecular weight excluding hydrogens is 371 g/mol. The Hall–Kier alpha value is -3.25. The Morgan fingerprint density at radius 3 is 2.41 bits per heavy atom. The molecule has 0 bridgehead atoms. The van der Waals surface area contributed by atoms with Crippen LogP contribution < -0.4 is 0 Å². The topological polar surface area (TPSA) is 60.9 Å². The maximum absolute atomic E-state index is 13.4. The van der Waals surface area contributed by atoms with E-state index in [1.54, 1.807) is 6.08 Å². The predicted octanol–water partition coefficient (Wildman–Crippen LogP) is 3.37. The number of allylic oxidation sites excluding steroid dienone is 1. The number of likely N-dealkylation sites (N-methyl/N-ethyl adjacent to an activating group) is 1. The van der Waals surface area contributed by atoms with Crippen LogP contribution in [0.5, 0.6) is 0 Å². The third-order valence-corrected chi connectivity index (χ3v) is 4.77. The molecule has 150 valence electrons. The number of ketones is 1. The number of benzene rings is 2. The van der Waals surface area contributed by atoms with Crippen molar-refractivity contribution in [3.63, 3.8) is 0 Å². The maximum Gasteiger partial charge on any atom is 0.290 e. The SMILES string of the molecule is CN(C)CCN1C(=O)C(O)=C(C(=O)/C=C/c2ccccc2)C1c1ccc(F)cc1. The first-order valence-corrected chi connectivity index (χ1v) is 9.30. The molecule has 1 heterocycles. The largest absolute Gasteiger partial charge is 0.503 e. The van der Waals surface area contributed by atoms with Crippen LogP contribution in [0.1, 0.15) is 17.2 Å². The molecule has 2 aromatic rings. The summed E-state index contributed by atoms with van der Waals surface area (Å²) >= 11 is 0. The zero-order valence-electron chi connectivity index (χ0n) is 16.4. The van der Waals surface area contributed by atoms with Crippen LogP contribution in [0.25, 0.3) is 6.08 Å². The molecule has 3 rings (SSSR count). The Kier molecular flexibility index (Phi) is 6.24. The van der Waals surface area contributed by atoms with E-state index in [1.807, 2.05) is 49.3 Å². The van der Waals surface area contributed by atoms with E-state index in [0.29, 0.717) is 18.7 Å². The quantitative estimate of drug-likeness (QED) is 0.732. The number of carbonyl (C=O) groups is 2. The molecule has 6 heteroatoms. The number of nitrogens with zero attached hydrogens (tertiary/aromatic N) is 2. The van der Waals surface area contributed by atoms with Crippen molar-refractivity contribution in [1.82, 2.24) is 9.80 Å². The van der Waals surface area contributed by atoms with Crippen LogP contribution in [-0.4, -0.2) is 53.8 Å². The number of hydrogen-bond donors (Lipinski definition) is 1. The second kappa shape index (κ2) is 8.84. The summed E-state index contributed by atoms with van der Waals surface area (Å²) in [5, 5.41) is 10.5. The first-order valence-electron chi connectivity index (χ1n) is 9.30. The lowest BCUT2D eigenvalue weighted by Crippen LogP contribution is -2.36. The number of amides is 1. The zero-order chi connectivity index (χ0) is 21.0. The maximum atomic E-state index is 13.4. The van der Waals surface area contributed by atoms with E-state index in [9.17, 15) is 19.1 Å². The minimum atomic E-state index is -0.768. The normalized spacial score (nSPS) is 17.0. The Balaban J connectivity index is 1.97. The fourth-order valence-corrected chi connectivity index (χ4v) is 3.26. The monoisotopic (exact) mass is 394 g/mol. The molecule has 0 radical (unpaired) electrons. The molecule has 1 atom stereocenters. The standard InChI is InChI=1S/C23H23FN2O3/c1-25(2)14-15-26-21(17-9-11-18(24)12-10-17)20(22(28)23(26)29)19(27)13-8-16-6-4-3-5-7-16/h3-13,21,28H,14-15H2,1-2H3/b13-8+. The van der Waals surface area contributed by atoms with Crippen molar-refractivity contribution < 1.29 is 19.1 Å². The number of rotatable bonds is 7. The third kappa shape index (κ3) is 4.60. The fourth-order valence-electron chi connectivity index (χ4n) is 3.26. The molecule has 0 fully saturated rings. The van der Waals surface area contributed by atoms with Gasteiger partial charge in [0.15, 0.2) is 11.5 Å². The lowest BCUT2D eigenvalue weighted by Gasteiger charge is -2.27. The summed E-state index contributed by atoms with van der Waals surface area (Å²) in [7, 11) is 3.74. The van der Waals surface area contributed by atoms with E-state index in [-0.39, 0.29) is 5.57 Å². The lowest BCUT2D eigenvalue weighted by molar-refractivity contribution is -0.129. The highest BCUT2D eigenvalue weighted by Crippen LogP contribution is 2.37. The predicted molar refractivity (Wildman–Crippen MR) is 110 cm³/mol. The van der Waals surface area contributed by atoms with Crippen LogP contribution >= 0.6 is 0 Å². The van der Waals surface area contributed by atoms with Gasteiger partial charge < -0.3 is 14.9 Å². The lowest BCUT2D eigenvalue weighted by atomic mass is 9.95. The van der Waals surface area contributed by atoms with Crippen molar-refractivity contribution in [2.24, 2.45) is 0 Å². The number of aliphatic hydroxyl groups excluding tert-OH is 1. The molecule has 1 unspecified atom stereocenters. The summed E-state index contributed by atoms with van der Waals surface area (Å²) in [4.78, 5) is 29.0. The zero-order valence-corrected chi connectivity index (χ0v) is 16.4.